The van der Waals surface area contributed by atoms with E-state index in [2.05, 4.69) is 0 Å². The highest BCUT2D eigenvalue weighted by molar-refractivity contribution is 5.95. The summed E-state index contributed by atoms with van der Waals surface area (Å²) in [4.78, 5) is 13.4. The van der Waals surface area contributed by atoms with Gasteiger partial charge in [0.1, 0.15) is 12.4 Å². The van der Waals surface area contributed by atoms with Crippen LogP contribution in [0.5, 0.6) is 5.75 Å². The molecule has 17 heavy (non-hydrogen) atoms. The van der Waals surface area contributed by atoms with Crippen LogP contribution in [0.3, 0.4) is 0 Å². The minimum absolute atomic E-state index is 0.0806. The molecular weight excluding hydrogens is 218 g/mol. The Bertz CT molecular complexity index is 365. The van der Waals surface area contributed by atoms with Crippen LogP contribution in [0.4, 0.5) is 5.69 Å². The van der Waals surface area contributed by atoms with Crippen LogP contribution in [-0.4, -0.2) is 33.3 Å². The lowest BCUT2D eigenvalue weighted by molar-refractivity contribution is -0.122. The Balaban J connectivity index is 2.67. The molecule has 0 radical (unpaired) electrons. The van der Waals surface area contributed by atoms with Crippen molar-refractivity contribution in [3.63, 3.8) is 0 Å². The summed E-state index contributed by atoms with van der Waals surface area (Å²) in [6.45, 7) is 2.71. The van der Waals surface area contributed by atoms with Gasteiger partial charge in [-0.05, 0) is 18.6 Å². The van der Waals surface area contributed by atoms with Gasteiger partial charge in [-0.2, -0.15) is 0 Å². The predicted molar refractivity (Wildman–Crippen MR) is 67.5 cm³/mol. The number of rotatable bonds is 6. The van der Waals surface area contributed by atoms with Gasteiger partial charge in [-0.25, -0.2) is 0 Å². The maximum Gasteiger partial charge on any atom is 0.252 e. The van der Waals surface area contributed by atoms with Gasteiger partial charge in [0.25, 0.3) is 5.91 Å². The molecule has 0 atom stereocenters. The van der Waals surface area contributed by atoms with Gasteiger partial charge >= 0.3 is 0 Å². The van der Waals surface area contributed by atoms with Crippen molar-refractivity contribution < 1.29 is 14.3 Å². The molecular formula is C13H19NO3. The van der Waals surface area contributed by atoms with E-state index in [9.17, 15) is 4.79 Å². The minimum Gasteiger partial charge on any atom is -0.495 e. The predicted octanol–water partition coefficient (Wildman–Crippen LogP) is 2.08. The Morgan fingerprint density at radius 3 is 2.71 bits per heavy atom. The third kappa shape index (κ3) is 3.75. The number of carbonyl (C=O) groups is 1. The van der Waals surface area contributed by atoms with Gasteiger partial charge in [0.05, 0.1) is 12.8 Å². The summed E-state index contributed by atoms with van der Waals surface area (Å²) in [7, 11) is 3.31. The Morgan fingerprint density at radius 1 is 1.35 bits per heavy atom. The molecule has 0 aromatic heterocycles. The van der Waals surface area contributed by atoms with E-state index < -0.39 is 0 Å². The number of hydrogen-bond acceptors (Lipinski definition) is 3. The van der Waals surface area contributed by atoms with Crippen LogP contribution < -0.4 is 9.64 Å². The summed E-state index contributed by atoms with van der Waals surface area (Å²) in [5.74, 6) is 0.599. The summed E-state index contributed by atoms with van der Waals surface area (Å²) >= 11 is 0. The molecule has 0 N–H and O–H groups in total. The van der Waals surface area contributed by atoms with Crippen LogP contribution in [-0.2, 0) is 9.53 Å². The van der Waals surface area contributed by atoms with Crippen molar-refractivity contribution in [2.75, 3.05) is 32.3 Å². The standard InChI is InChI=1S/C13H19NO3/c1-4-9-17-10-13(15)14(2)11-7-5-6-8-12(11)16-3/h5-8H,4,9-10H2,1-3H3. The molecule has 4 nitrogen and oxygen atoms in total. The molecule has 1 aromatic carbocycles. The Hall–Kier alpha value is -1.55. The number of ether oxygens (including phenoxy) is 2. The van der Waals surface area contributed by atoms with E-state index in [0.29, 0.717) is 12.4 Å². The van der Waals surface area contributed by atoms with Crippen molar-refractivity contribution in [3.05, 3.63) is 24.3 Å². The maximum absolute atomic E-state index is 11.8. The lowest BCUT2D eigenvalue weighted by atomic mass is 10.2. The second-order valence-electron chi connectivity index (χ2n) is 3.68. The van der Waals surface area contributed by atoms with E-state index in [4.69, 9.17) is 9.47 Å². The zero-order valence-corrected chi connectivity index (χ0v) is 10.6. The number of amides is 1. The van der Waals surface area contributed by atoms with Crippen molar-refractivity contribution in [2.45, 2.75) is 13.3 Å². The van der Waals surface area contributed by atoms with Gasteiger partial charge in [0.15, 0.2) is 0 Å². The molecule has 0 aliphatic rings. The molecule has 0 saturated heterocycles. The number of methoxy groups -OCH3 is 1. The summed E-state index contributed by atoms with van der Waals surface area (Å²) in [6.07, 6.45) is 0.908. The van der Waals surface area contributed by atoms with Gasteiger partial charge in [0.2, 0.25) is 0 Å². The fraction of sp³-hybridized carbons (Fsp3) is 0.462. The topological polar surface area (TPSA) is 38.8 Å². The number of anilines is 1. The van der Waals surface area contributed by atoms with Crippen molar-refractivity contribution in [1.29, 1.82) is 0 Å². The van der Waals surface area contributed by atoms with Crippen LogP contribution >= 0.6 is 0 Å². The molecule has 1 aromatic rings. The highest BCUT2D eigenvalue weighted by Gasteiger charge is 2.14. The van der Waals surface area contributed by atoms with E-state index in [1.54, 1.807) is 19.1 Å². The molecule has 0 saturated carbocycles. The van der Waals surface area contributed by atoms with Crippen LogP contribution in [0.15, 0.2) is 24.3 Å². The van der Waals surface area contributed by atoms with E-state index in [1.165, 1.54) is 0 Å². The van der Waals surface area contributed by atoms with Crippen LogP contribution in [0.2, 0.25) is 0 Å². The molecule has 0 fully saturated rings. The summed E-state index contributed by atoms with van der Waals surface area (Å²) < 4.78 is 10.4. The van der Waals surface area contributed by atoms with Crippen molar-refractivity contribution >= 4 is 11.6 Å². The molecule has 1 rings (SSSR count). The van der Waals surface area contributed by atoms with E-state index in [0.717, 1.165) is 12.1 Å². The lowest BCUT2D eigenvalue weighted by Gasteiger charge is -2.19. The molecule has 0 spiro atoms. The van der Waals surface area contributed by atoms with Crippen molar-refractivity contribution in [3.8, 4) is 5.75 Å². The van der Waals surface area contributed by atoms with Gasteiger partial charge < -0.3 is 14.4 Å². The minimum atomic E-state index is -0.0806. The van der Waals surface area contributed by atoms with Crippen molar-refractivity contribution in [1.82, 2.24) is 0 Å². The fourth-order valence-electron chi connectivity index (χ4n) is 1.44. The largest absolute Gasteiger partial charge is 0.495 e. The Morgan fingerprint density at radius 2 is 2.06 bits per heavy atom. The molecule has 1 amide bonds. The maximum atomic E-state index is 11.8. The molecule has 94 valence electrons. The zero-order valence-electron chi connectivity index (χ0n) is 10.6. The molecule has 0 aliphatic heterocycles. The number of nitrogens with zero attached hydrogens (tertiary/aromatic N) is 1. The number of likely N-dealkylation sites (N-methyl/N-ethyl adjacent to an activating group) is 1. The fourth-order valence-corrected chi connectivity index (χ4v) is 1.44. The first-order chi connectivity index (χ1) is 8.20. The third-order valence-electron chi connectivity index (χ3n) is 2.39. The second kappa shape index (κ2) is 6.91. The first-order valence-corrected chi connectivity index (χ1v) is 5.68. The number of carbonyl (C=O) groups excluding carboxylic acids is 1. The second-order valence-corrected chi connectivity index (χ2v) is 3.68. The molecule has 0 aliphatic carbocycles. The van der Waals surface area contributed by atoms with Gasteiger partial charge in [-0.15, -0.1) is 0 Å². The molecule has 0 unspecified atom stereocenters. The molecule has 4 heteroatoms. The number of hydrogen-bond donors (Lipinski definition) is 0. The normalized spacial score (nSPS) is 10.1. The van der Waals surface area contributed by atoms with Crippen LogP contribution in [0, 0.1) is 0 Å². The van der Waals surface area contributed by atoms with Crippen LogP contribution in [0.25, 0.3) is 0 Å². The van der Waals surface area contributed by atoms with E-state index in [1.807, 2.05) is 31.2 Å². The quantitative estimate of drug-likeness (QED) is 0.711. The third-order valence-corrected chi connectivity index (χ3v) is 2.39. The van der Waals surface area contributed by atoms with Crippen LogP contribution in [0.1, 0.15) is 13.3 Å². The van der Waals surface area contributed by atoms with Crippen molar-refractivity contribution in [2.24, 2.45) is 0 Å². The van der Waals surface area contributed by atoms with Gasteiger partial charge in [0, 0.05) is 13.7 Å². The number of para-hydroxylation sites is 2. The lowest BCUT2D eigenvalue weighted by Crippen LogP contribution is -2.30. The average Bonchev–Trinajstić information content (AvgIpc) is 2.38. The average molecular weight is 237 g/mol. The van der Waals surface area contributed by atoms with Gasteiger partial charge in [-0.1, -0.05) is 19.1 Å². The molecule has 0 bridgehead atoms. The first-order valence-electron chi connectivity index (χ1n) is 5.68. The Kier molecular flexibility index (Phi) is 5.49. The zero-order chi connectivity index (χ0) is 12.7. The van der Waals surface area contributed by atoms with Gasteiger partial charge in [-0.3, -0.25) is 4.79 Å². The monoisotopic (exact) mass is 237 g/mol. The highest BCUT2D eigenvalue weighted by atomic mass is 16.5. The molecule has 0 heterocycles. The summed E-state index contributed by atoms with van der Waals surface area (Å²) in [5, 5.41) is 0. The SMILES string of the molecule is CCCOCC(=O)N(C)c1ccccc1OC. The van der Waals surface area contributed by atoms with E-state index in [-0.39, 0.29) is 12.5 Å². The smallest absolute Gasteiger partial charge is 0.252 e. The highest BCUT2D eigenvalue weighted by Crippen LogP contribution is 2.26. The first kappa shape index (κ1) is 13.5. The Labute approximate surface area is 102 Å². The summed E-state index contributed by atoms with van der Waals surface area (Å²) in [5.41, 5.74) is 0.750. The summed E-state index contributed by atoms with van der Waals surface area (Å²) in [6, 6.07) is 7.41. The van der Waals surface area contributed by atoms with E-state index >= 15 is 0 Å². The number of benzene rings is 1.